The molecule has 0 amide bonds. The zero-order valence-corrected chi connectivity index (χ0v) is 12.5. The first-order valence-corrected chi connectivity index (χ1v) is 7.07. The zero-order valence-electron chi connectivity index (χ0n) is 12.5. The lowest BCUT2D eigenvalue weighted by Crippen LogP contribution is -1.89. The van der Waals surface area contributed by atoms with E-state index in [0.29, 0.717) is 0 Å². The van der Waals surface area contributed by atoms with Crippen LogP contribution in [0.2, 0.25) is 0 Å². The highest BCUT2D eigenvalue weighted by Gasteiger charge is 2.09. The van der Waals surface area contributed by atoms with Crippen molar-refractivity contribution in [3.63, 3.8) is 0 Å². The summed E-state index contributed by atoms with van der Waals surface area (Å²) in [7, 11) is 0. The minimum atomic E-state index is 0. The molecule has 0 saturated carbocycles. The molecule has 0 heteroatoms. The molecule has 0 N–H and O–H groups in total. The summed E-state index contributed by atoms with van der Waals surface area (Å²) in [6.45, 7) is 10.7. The molecule has 0 nitrogen and oxygen atoms in total. The Kier molecular flexibility index (Phi) is 5.33. The van der Waals surface area contributed by atoms with Gasteiger partial charge in [0.1, 0.15) is 0 Å². The maximum Gasteiger partial charge on any atom is -0.0116 e. The highest BCUT2D eigenvalue weighted by atomic mass is 14.1. The normalized spacial score (nSPS) is 9.85. The maximum absolute atomic E-state index is 2.23. The van der Waals surface area contributed by atoms with Crippen molar-refractivity contribution in [1.82, 2.24) is 0 Å². The summed E-state index contributed by atoms with van der Waals surface area (Å²) >= 11 is 0. The standard InChI is InChI=1S/C17H16.C2H6.CH4/c1-11-7-6-10-16-12(2)14-8-4-5-9-15(14)13(3)17(11)16;1-2;/h4-10H,1-3H3;1-2H3;1H4. The Hall–Kier alpha value is -1.82. The van der Waals surface area contributed by atoms with Gasteiger partial charge >= 0.3 is 0 Å². The Balaban J connectivity index is 0.000000639. The summed E-state index contributed by atoms with van der Waals surface area (Å²) in [5, 5.41) is 5.57. The number of fused-ring (bicyclic) bond motifs is 2. The first-order valence-electron chi connectivity index (χ1n) is 7.07. The second kappa shape index (κ2) is 6.56. The van der Waals surface area contributed by atoms with Crippen LogP contribution in [0.25, 0.3) is 21.5 Å². The van der Waals surface area contributed by atoms with Crippen LogP contribution in [0, 0.1) is 20.8 Å². The average Bonchev–Trinajstić information content (AvgIpc) is 2.47. The van der Waals surface area contributed by atoms with Crippen LogP contribution in [0.15, 0.2) is 42.5 Å². The predicted molar refractivity (Wildman–Crippen MR) is 93.7 cm³/mol. The SMILES string of the molecule is C.CC.Cc1c2ccccc2c(C)c2c(C)cccc12. The fourth-order valence-corrected chi connectivity index (χ4v) is 2.89. The number of hydrogen-bond donors (Lipinski definition) is 0. The van der Waals surface area contributed by atoms with E-state index in [4.69, 9.17) is 0 Å². The zero-order chi connectivity index (χ0) is 14.0. The largest absolute Gasteiger partial charge is 0.0776 e. The molecular weight excluding hydrogens is 240 g/mol. The van der Waals surface area contributed by atoms with Gasteiger partial charge in [-0.1, -0.05) is 63.7 Å². The average molecular weight is 266 g/mol. The van der Waals surface area contributed by atoms with Crippen molar-refractivity contribution in [2.75, 3.05) is 0 Å². The van der Waals surface area contributed by atoms with Crippen LogP contribution in [-0.4, -0.2) is 0 Å². The number of hydrogen-bond acceptors (Lipinski definition) is 0. The van der Waals surface area contributed by atoms with Gasteiger partial charge in [-0.2, -0.15) is 0 Å². The lowest BCUT2D eigenvalue weighted by Gasteiger charge is -2.13. The van der Waals surface area contributed by atoms with Gasteiger partial charge in [0.05, 0.1) is 0 Å². The van der Waals surface area contributed by atoms with E-state index in [0.717, 1.165) is 0 Å². The first kappa shape index (κ1) is 16.2. The molecule has 0 atom stereocenters. The van der Waals surface area contributed by atoms with Gasteiger partial charge in [-0.25, -0.2) is 0 Å². The quantitative estimate of drug-likeness (QED) is 0.403. The molecule has 106 valence electrons. The van der Waals surface area contributed by atoms with E-state index in [1.165, 1.54) is 38.2 Å². The van der Waals surface area contributed by atoms with Gasteiger partial charge in [0.25, 0.3) is 0 Å². The fraction of sp³-hybridized carbons (Fsp3) is 0.300. The molecule has 0 aliphatic heterocycles. The van der Waals surface area contributed by atoms with E-state index in [2.05, 4.69) is 63.2 Å². The molecule has 0 aromatic heterocycles. The number of aryl methyl sites for hydroxylation is 3. The Bertz CT molecular complexity index is 721. The summed E-state index contributed by atoms with van der Waals surface area (Å²) in [4.78, 5) is 0. The Labute approximate surface area is 123 Å². The van der Waals surface area contributed by atoms with Crippen molar-refractivity contribution < 1.29 is 0 Å². The van der Waals surface area contributed by atoms with Gasteiger partial charge in [0.2, 0.25) is 0 Å². The Morgan fingerprint density at radius 1 is 0.600 bits per heavy atom. The van der Waals surface area contributed by atoms with Crippen molar-refractivity contribution in [3.05, 3.63) is 59.2 Å². The molecule has 0 aliphatic carbocycles. The van der Waals surface area contributed by atoms with Crippen LogP contribution in [0.3, 0.4) is 0 Å². The van der Waals surface area contributed by atoms with Gasteiger partial charge < -0.3 is 0 Å². The van der Waals surface area contributed by atoms with E-state index in [1.54, 1.807) is 0 Å². The molecule has 0 saturated heterocycles. The Morgan fingerprint density at radius 3 is 1.70 bits per heavy atom. The summed E-state index contributed by atoms with van der Waals surface area (Å²) in [6, 6.07) is 15.3. The van der Waals surface area contributed by atoms with E-state index in [1.807, 2.05) is 13.8 Å². The summed E-state index contributed by atoms with van der Waals surface area (Å²) in [6.07, 6.45) is 0. The van der Waals surface area contributed by atoms with E-state index >= 15 is 0 Å². The first-order chi connectivity index (χ1) is 9.20. The molecule has 3 aromatic rings. The third-order valence-electron chi connectivity index (χ3n) is 3.79. The monoisotopic (exact) mass is 266 g/mol. The lowest BCUT2D eigenvalue weighted by molar-refractivity contribution is 1.46. The van der Waals surface area contributed by atoms with Gasteiger partial charge in [0, 0.05) is 0 Å². The van der Waals surface area contributed by atoms with Crippen LogP contribution in [0.1, 0.15) is 38.0 Å². The van der Waals surface area contributed by atoms with Crippen LogP contribution >= 0.6 is 0 Å². The van der Waals surface area contributed by atoms with Crippen molar-refractivity contribution in [2.24, 2.45) is 0 Å². The molecule has 3 aromatic carbocycles. The molecule has 3 rings (SSSR count). The number of benzene rings is 3. The van der Waals surface area contributed by atoms with Crippen molar-refractivity contribution in [1.29, 1.82) is 0 Å². The van der Waals surface area contributed by atoms with Gasteiger partial charge in [0.15, 0.2) is 0 Å². The van der Waals surface area contributed by atoms with Crippen LogP contribution < -0.4 is 0 Å². The van der Waals surface area contributed by atoms with E-state index < -0.39 is 0 Å². The minimum absolute atomic E-state index is 0. The topological polar surface area (TPSA) is 0 Å². The fourth-order valence-electron chi connectivity index (χ4n) is 2.89. The van der Waals surface area contributed by atoms with Crippen LogP contribution in [-0.2, 0) is 0 Å². The molecule has 0 unspecified atom stereocenters. The minimum Gasteiger partial charge on any atom is -0.0776 e. The molecule has 20 heavy (non-hydrogen) atoms. The van der Waals surface area contributed by atoms with Gasteiger partial charge in [-0.3, -0.25) is 0 Å². The van der Waals surface area contributed by atoms with Crippen LogP contribution in [0.5, 0.6) is 0 Å². The molecule has 0 spiro atoms. The van der Waals surface area contributed by atoms with E-state index in [9.17, 15) is 0 Å². The highest BCUT2D eigenvalue weighted by molar-refractivity contribution is 6.06. The molecule has 0 heterocycles. The Morgan fingerprint density at radius 2 is 1.10 bits per heavy atom. The second-order valence-corrected chi connectivity index (χ2v) is 4.79. The number of rotatable bonds is 0. The molecule has 0 radical (unpaired) electrons. The molecule has 0 bridgehead atoms. The van der Waals surface area contributed by atoms with Crippen molar-refractivity contribution >= 4 is 21.5 Å². The second-order valence-electron chi connectivity index (χ2n) is 4.79. The van der Waals surface area contributed by atoms with Gasteiger partial charge in [-0.05, 0) is 59.0 Å². The summed E-state index contributed by atoms with van der Waals surface area (Å²) < 4.78 is 0. The highest BCUT2D eigenvalue weighted by Crippen LogP contribution is 2.33. The van der Waals surface area contributed by atoms with Gasteiger partial charge in [-0.15, -0.1) is 0 Å². The van der Waals surface area contributed by atoms with Crippen LogP contribution in [0.4, 0.5) is 0 Å². The molecule has 0 aliphatic rings. The summed E-state index contributed by atoms with van der Waals surface area (Å²) in [5.74, 6) is 0. The van der Waals surface area contributed by atoms with Crippen molar-refractivity contribution in [3.8, 4) is 0 Å². The smallest absolute Gasteiger partial charge is 0.0116 e. The summed E-state index contributed by atoms with van der Waals surface area (Å²) in [5.41, 5.74) is 4.16. The van der Waals surface area contributed by atoms with E-state index in [-0.39, 0.29) is 7.43 Å². The predicted octanol–water partition coefficient (Wildman–Crippen LogP) is 6.58. The third kappa shape index (κ3) is 2.43. The lowest BCUT2D eigenvalue weighted by atomic mass is 9.91. The third-order valence-corrected chi connectivity index (χ3v) is 3.79. The molecular formula is C20H26. The molecule has 0 fully saturated rings. The van der Waals surface area contributed by atoms with Crippen molar-refractivity contribution in [2.45, 2.75) is 42.0 Å². The maximum atomic E-state index is 2.23.